The molecule has 2 N–H and O–H groups in total. The van der Waals surface area contributed by atoms with E-state index in [1.165, 1.54) is 4.90 Å². The number of anilines is 2. The first-order valence-corrected chi connectivity index (χ1v) is 6.50. The van der Waals surface area contributed by atoms with Crippen molar-refractivity contribution >= 4 is 23.0 Å². The van der Waals surface area contributed by atoms with Crippen molar-refractivity contribution in [1.82, 2.24) is 0 Å². The second kappa shape index (κ2) is 5.67. The molecule has 0 aliphatic heterocycles. The number of hydrogen-bond donors (Lipinski definition) is 1. The van der Waals surface area contributed by atoms with E-state index in [0.717, 1.165) is 17.7 Å². The van der Waals surface area contributed by atoms with E-state index in [9.17, 15) is 8.78 Å². The summed E-state index contributed by atoms with van der Waals surface area (Å²) in [5.41, 5.74) is 6.25. The normalized spacial score (nSPS) is 12.2. The molecule has 2 aromatic rings. The fourth-order valence-corrected chi connectivity index (χ4v) is 2.30. The molecule has 0 aromatic heterocycles. The van der Waals surface area contributed by atoms with Gasteiger partial charge in [0.15, 0.2) is 11.6 Å². The van der Waals surface area contributed by atoms with Gasteiger partial charge < -0.3 is 10.6 Å². The first-order chi connectivity index (χ1) is 9.40. The summed E-state index contributed by atoms with van der Waals surface area (Å²) < 4.78 is 27.9. The van der Waals surface area contributed by atoms with Crippen molar-refractivity contribution < 1.29 is 8.78 Å². The van der Waals surface area contributed by atoms with E-state index in [1.807, 2.05) is 13.0 Å². The van der Waals surface area contributed by atoms with Gasteiger partial charge in [-0.25, -0.2) is 8.78 Å². The Morgan fingerprint density at radius 3 is 2.30 bits per heavy atom. The van der Waals surface area contributed by atoms with E-state index in [1.54, 1.807) is 25.2 Å². The Kier molecular flexibility index (Phi) is 4.14. The number of nitrogens with two attached hydrogens (primary N) is 1. The van der Waals surface area contributed by atoms with Crippen LogP contribution in [0.1, 0.15) is 18.5 Å². The molecular weight excluding hydrogens is 282 g/mol. The third-order valence-electron chi connectivity index (χ3n) is 3.30. The van der Waals surface area contributed by atoms with Gasteiger partial charge in [0.05, 0.1) is 6.04 Å². The highest BCUT2D eigenvalue weighted by molar-refractivity contribution is 6.30. The molecular formula is C15H15ClF2N2. The molecule has 2 rings (SSSR count). The third kappa shape index (κ3) is 2.85. The fraction of sp³-hybridized carbons (Fsp3) is 0.200. The Labute approximate surface area is 121 Å². The van der Waals surface area contributed by atoms with Gasteiger partial charge in [0.25, 0.3) is 0 Å². The van der Waals surface area contributed by atoms with E-state index in [-0.39, 0.29) is 17.4 Å². The molecule has 106 valence electrons. The lowest BCUT2D eigenvalue weighted by atomic mass is 10.1. The zero-order chi connectivity index (χ0) is 14.9. The van der Waals surface area contributed by atoms with Gasteiger partial charge in [-0.2, -0.15) is 0 Å². The smallest absolute Gasteiger partial charge is 0.151 e. The number of rotatable bonds is 3. The van der Waals surface area contributed by atoms with Crippen molar-refractivity contribution in [2.75, 3.05) is 17.7 Å². The summed E-state index contributed by atoms with van der Waals surface area (Å²) in [5.74, 6) is -1.36. The van der Waals surface area contributed by atoms with Crippen molar-refractivity contribution in [3.63, 3.8) is 0 Å². The third-order valence-corrected chi connectivity index (χ3v) is 3.54. The van der Waals surface area contributed by atoms with E-state index < -0.39 is 11.6 Å². The lowest BCUT2D eigenvalue weighted by molar-refractivity contribution is 0.566. The summed E-state index contributed by atoms with van der Waals surface area (Å²) in [4.78, 5) is 1.52. The fourth-order valence-electron chi connectivity index (χ4n) is 2.11. The number of benzene rings is 2. The van der Waals surface area contributed by atoms with Crippen molar-refractivity contribution in [2.45, 2.75) is 13.0 Å². The molecule has 0 aliphatic carbocycles. The summed E-state index contributed by atoms with van der Waals surface area (Å²) in [6.45, 7) is 1.85. The molecule has 0 saturated heterocycles. The lowest BCUT2D eigenvalue weighted by Crippen LogP contribution is -2.24. The SMILES string of the molecule is CC(c1cccc(Cl)c1)N(C)c1c(F)cc(N)cc1F. The number of nitrogens with zero attached hydrogens (tertiary/aromatic N) is 1. The van der Waals surface area contributed by atoms with Gasteiger partial charge in [-0.1, -0.05) is 23.7 Å². The summed E-state index contributed by atoms with van der Waals surface area (Å²) in [7, 11) is 1.63. The van der Waals surface area contributed by atoms with Gasteiger partial charge in [0, 0.05) is 17.8 Å². The highest BCUT2D eigenvalue weighted by atomic mass is 35.5. The Morgan fingerprint density at radius 2 is 1.75 bits per heavy atom. The molecule has 0 amide bonds. The number of nitrogen functional groups attached to an aromatic ring is 1. The summed E-state index contributed by atoms with van der Waals surface area (Å²) in [5, 5.41) is 0.584. The first kappa shape index (κ1) is 14.6. The average Bonchev–Trinajstić information content (AvgIpc) is 2.36. The Hall–Kier alpha value is -1.81. The van der Waals surface area contributed by atoms with Crippen LogP contribution in [0.5, 0.6) is 0 Å². The molecule has 1 atom stereocenters. The zero-order valence-electron chi connectivity index (χ0n) is 11.2. The molecule has 0 fully saturated rings. The quantitative estimate of drug-likeness (QED) is 0.851. The van der Waals surface area contributed by atoms with Crippen LogP contribution in [-0.4, -0.2) is 7.05 Å². The summed E-state index contributed by atoms with van der Waals surface area (Å²) in [6, 6.07) is 9.18. The Bertz CT molecular complexity index is 608. The van der Waals surface area contributed by atoms with Crippen LogP contribution in [0, 0.1) is 11.6 Å². The zero-order valence-corrected chi connectivity index (χ0v) is 12.0. The highest BCUT2D eigenvalue weighted by Crippen LogP contribution is 2.31. The van der Waals surface area contributed by atoms with Gasteiger partial charge in [-0.3, -0.25) is 0 Å². The van der Waals surface area contributed by atoms with Gasteiger partial charge in [-0.05, 0) is 36.8 Å². The first-order valence-electron chi connectivity index (χ1n) is 6.13. The highest BCUT2D eigenvalue weighted by Gasteiger charge is 2.20. The maximum atomic E-state index is 13.9. The van der Waals surface area contributed by atoms with Crippen LogP contribution in [0.15, 0.2) is 36.4 Å². The van der Waals surface area contributed by atoms with Gasteiger partial charge in [0.2, 0.25) is 0 Å². The van der Waals surface area contributed by atoms with Crippen molar-refractivity contribution in [1.29, 1.82) is 0 Å². The minimum absolute atomic E-state index is 0.0626. The van der Waals surface area contributed by atoms with Crippen molar-refractivity contribution in [3.8, 4) is 0 Å². The molecule has 20 heavy (non-hydrogen) atoms. The summed E-state index contributed by atoms with van der Waals surface area (Å²) in [6.07, 6.45) is 0. The van der Waals surface area contributed by atoms with Crippen LogP contribution in [0.2, 0.25) is 5.02 Å². The van der Waals surface area contributed by atoms with E-state index in [2.05, 4.69) is 0 Å². The monoisotopic (exact) mass is 296 g/mol. The summed E-state index contributed by atoms with van der Waals surface area (Å²) >= 11 is 5.94. The Morgan fingerprint density at radius 1 is 1.15 bits per heavy atom. The van der Waals surface area contributed by atoms with E-state index >= 15 is 0 Å². The molecule has 0 aliphatic rings. The predicted molar refractivity (Wildman–Crippen MR) is 79.0 cm³/mol. The van der Waals surface area contributed by atoms with Crippen LogP contribution in [-0.2, 0) is 0 Å². The largest absolute Gasteiger partial charge is 0.399 e. The molecule has 0 radical (unpaired) electrons. The van der Waals surface area contributed by atoms with Gasteiger partial charge in [0.1, 0.15) is 5.69 Å². The van der Waals surface area contributed by atoms with E-state index in [0.29, 0.717) is 5.02 Å². The number of hydrogen-bond acceptors (Lipinski definition) is 2. The lowest BCUT2D eigenvalue weighted by Gasteiger charge is -2.28. The van der Waals surface area contributed by atoms with Gasteiger partial charge in [-0.15, -0.1) is 0 Å². The minimum Gasteiger partial charge on any atom is -0.399 e. The van der Waals surface area contributed by atoms with Crippen LogP contribution >= 0.6 is 11.6 Å². The molecule has 1 unspecified atom stereocenters. The van der Waals surface area contributed by atoms with E-state index in [4.69, 9.17) is 17.3 Å². The molecule has 2 aromatic carbocycles. The molecule has 5 heteroatoms. The standard InChI is InChI=1S/C15H15ClF2N2/c1-9(10-4-3-5-11(16)6-10)20(2)15-13(17)7-12(19)8-14(15)18/h3-9H,19H2,1-2H3. The van der Waals surface area contributed by atoms with Crippen molar-refractivity contribution in [2.24, 2.45) is 0 Å². The average molecular weight is 297 g/mol. The second-order valence-electron chi connectivity index (χ2n) is 4.68. The van der Waals surface area contributed by atoms with Crippen LogP contribution in [0.25, 0.3) is 0 Å². The second-order valence-corrected chi connectivity index (χ2v) is 5.11. The van der Waals surface area contributed by atoms with Gasteiger partial charge >= 0.3 is 0 Å². The maximum Gasteiger partial charge on any atom is 0.151 e. The number of halogens is 3. The van der Waals surface area contributed by atoms with Crippen molar-refractivity contribution in [3.05, 3.63) is 58.6 Å². The van der Waals surface area contributed by atoms with Crippen LogP contribution in [0.4, 0.5) is 20.2 Å². The molecule has 0 spiro atoms. The topological polar surface area (TPSA) is 29.3 Å². The minimum atomic E-state index is -0.682. The molecule has 0 heterocycles. The molecule has 0 bridgehead atoms. The van der Waals surface area contributed by atoms with Crippen LogP contribution in [0.3, 0.4) is 0 Å². The Balaban J connectivity index is 2.38. The molecule has 2 nitrogen and oxygen atoms in total. The maximum absolute atomic E-state index is 13.9. The molecule has 0 saturated carbocycles. The predicted octanol–water partition coefficient (Wildman–Crippen LogP) is 4.40. The van der Waals surface area contributed by atoms with Crippen LogP contribution < -0.4 is 10.6 Å².